The van der Waals surface area contributed by atoms with Crippen molar-refractivity contribution < 1.29 is 13.9 Å². The van der Waals surface area contributed by atoms with Crippen molar-refractivity contribution >= 4 is 0 Å². The van der Waals surface area contributed by atoms with Crippen LogP contribution in [0.5, 0.6) is 5.75 Å². The Balaban J connectivity index is 2.05. The first-order chi connectivity index (χ1) is 9.20. The zero-order chi connectivity index (χ0) is 13.7. The number of nitrogens with one attached hydrogen (secondary N) is 1. The molecule has 2 rings (SSSR count). The third-order valence-electron chi connectivity index (χ3n) is 3.60. The Morgan fingerprint density at radius 2 is 2.21 bits per heavy atom. The molecule has 1 saturated heterocycles. The molecule has 4 heteroatoms. The summed E-state index contributed by atoms with van der Waals surface area (Å²) in [6.45, 7) is 3.68. The van der Waals surface area contributed by atoms with E-state index in [1.54, 1.807) is 19.2 Å². The minimum absolute atomic E-state index is 0.0637. The molecule has 3 nitrogen and oxygen atoms in total. The highest BCUT2D eigenvalue weighted by molar-refractivity contribution is 5.36. The van der Waals surface area contributed by atoms with E-state index in [0.29, 0.717) is 6.04 Å². The summed E-state index contributed by atoms with van der Waals surface area (Å²) in [5.41, 5.74) is 0.868. The quantitative estimate of drug-likeness (QED) is 0.909. The Morgan fingerprint density at radius 1 is 1.37 bits per heavy atom. The number of halogens is 1. The van der Waals surface area contributed by atoms with E-state index in [-0.39, 0.29) is 11.9 Å². The first kappa shape index (κ1) is 14.3. The molecule has 1 aromatic rings. The molecule has 0 aromatic heterocycles. The molecule has 1 fully saturated rings. The van der Waals surface area contributed by atoms with E-state index >= 15 is 0 Å². The highest BCUT2D eigenvalue weighted by Crippen LogP contribution is 2.27. The Labute approximate surface area is 114 Å². The lowest BCUT2D eigenvalue weighted by atomic mass is 10.0. The Hall–Kier alpha value is -1.13. The topological polar surface area (TPSA) is 30.5 Å². The van der Waals surface area contributed by atoms with Crippen LogP contribution in [-0.4, -0.2) is 26.4 Å². The van der Waals surface area contributed by atoms with Crippen LogP contribution in [0.1, 0.15) is 37.8 Å². The average Bonchev–Trinajstić information content (AvgIpc) is 2.67. The maximum atomic E-state index is 13.4. The second-order valence-electron chi connectivity index (χ2n) is 5.01. The van der Waals surface area contributed by atoms with Gasteiger partial charge in [0, 0.05) is 30.9 Å². The number of methoxy groups -OCH3 is 1. The molecule has 1 aromatic carbocycles. The lowest BCUT2D eigenvalue weighted by Crippen LogP contribution is -2.32. The van der Waals surface area contributed by atoms with Crippen LogP contribution in [0.2, 0.25) is 0 Å². The van der Waals surface area contributed by atoms with Crippen molar-refractivity contribution in [1.82, 2.24) is 5.32 Å². The molecule has 106 valence electrons. The second kappa shape index (κ2) is 6.87. The smallest absolute Gasteiger partial charge is 0.123 e. The largest absolute Gasteiger partial charge is 0.496 e. The van der Waals surface area contributed by atoms with Crippen LogP contribution in [0.3, 0.4) is 0 Å². The first-order valence-electron chi connectivity index (χ1n) is 6.88. The van der Waals surface area contributed by atoms with Crippen LogP contribution in [0.4, 0.5) is 4.39 Å². The van der Waals surface area contributed by atoms with E-state index in [0.717, 1.165) is 43.8 Å². The average molecular weight is 267 g/mol. The number of benzene rings is 1. The fraction of sp³-hybridized carbons (Fsp3) is 0.600. The van der Waals surface area contributed by atoms with Gasteiger partial charge in [0.2, 0.25) is 0 Å². The van der Waals surface area contributed by atoms with Gasteiger partial charge in [-0.2, -0.15) is 0 Å². The number of rotatable bonds is 4. The van der Waals surface area contributed by atoms with Crippen LogP contribution in [0.25, 0.3) is 0 Å². The summed E-state index contributed by atoms with van der Waals surface area (Å²) in [6.07, 6.45) is 3.18. The van der Waals surface area contributed by atoms with Crippen molar-refractivity contribution in [1.29, 1.82) is 0 Å². The van der Waals surface area contributed by atoms with Gasteiger partial charge in [0.05, 0.1) is 7.11 Å². The van der Waals surface area contributed by atoms with Crippen molar-refractivity contribution in [3.63, 3.8) is 0 Å². The van der Waals surface area contributed by atoms with Gasteiger partial charge in [-0.3, -0.25) is 0 Å². The second-order valence-corrected chi connectivity index (χ2v) is 5.01. The molecular weight excluding hydrogens is 245 g/mol. The molecule has 19 heavy (non-hydrogen) atoms. The molecule has 0 aliphatic carbocycles. The maximum absolute atomic E-state index is 13.4. The molecule has 1 aliphatic rings. The number of hydrogen-bond acceptors (Lipinski definition) is 3. The Morgan fingerprint density at radius 3 is 3.00 bits per heavy atom. The standard InChI is InChI=1S/C15H22FNO2/c1-11(17-13-4-3-8-19-9-7-13)14-10-12(16)5-6-15(14)18-2/h5-6,10-11,13,17H,3-4,7-9H2,1-2H3. The summed E-state index contributed by atoms with van der Waals surface area (Å²) in [6, 6.07) is 5.14. The zero-order valence-electron chi connectivity index (χ0n) is 11.6. The van der Waals surface area contributed by atoms with Crippen LogP contribution in [0.15, 0.2) is 18.2 Å². The molecule has 1 aliphatic heterocycles. The summed E-state index contributed by atoms with van der Waals surface area (Å²) in [4.78, 5) is 0. The summed E-state index contributed by atoms with van der Waals surface area (Å²) < 4.78 is 24.1. The first-order valence-corrected chi connectivity index (χ1v) is 6.88. The highest BCUT2D eigenvalue weighted by Gasteiger charge is 2.18. The molecule has 0 saturated carbocycles. The predicted octanol–water partition coefficient (Wildman–Crippen LogP) is 3.05. The Bertz CT molecular complexity index is 403. The molecule has 1 N–H and O–H groups in total. The van der Waals surface area contributed by atoms with Crippen LogP contribution in [-0.2, 0) is 4.74 Å². The molecule has 0 bridgehead atoms. The van der Waals surface area contributed by atoms with Crippen molar-refractivity contribution in [2.24, 2.45) is 0 Å². The lowest BCUT2D eigenvalue weighted by Gasteiger charge is -2.23. The van der Waals surface area contributed by atoms with Crippen molar-refractivity contribution in [2.75, 3.05) is 20.3 Å². The fourth-order valence-corrected chi connectivity index (χ4v) is 2.56. The SMILES string of the molecule is COc1ccc(F)cc1C(C)NC1CCCOCC1. The molecule has 2 unspecified atom stereocenters. The third kappa shape index (κ3) is 3.91. The van der Waals surface area contributed by atoms with E-state index in [4.69, 9.17) is 9.47 Å². The van der Waals surface area contributed by atoms with E-state index < -0.39 is 0 Å². The van der Waals surface area contributed by atoms with Gasteiger partial charge < -0.3 is 14.8 Å². The van der Waals surface area contributed by atoms with Gasteiger partial charge in [-0.15, -0.1) is 0 Å². The highest BCUT2D eigenvalue weighted by atomic mass is 19.1. The van der Waals surface area contributed by atoms with E-state index in [1.807, 2.05) is 6.92 Å². The molecular formula is C15H22FNO2. The van der Waals surface area contributed by atoms with E-state index in [1.165, 1.54) is 6.07 Å². The summed E-state index contributed by atoms with van der Waals surface area (Å²) in [5.74, 6) is 0.500. The van der Waals surface area contributed by atoms with Gasteiger partial charge in [-0.25, -0.2) is 4.39 Å². The van der Waals surface area contributed by atoms with Gasteiger partial charge >= 0.3 is 0 Å². The molecule has 0 spiro atoms. The maximum Gasteiger partial charge on any atom is 0.123 e. The van der Waals surface area contributed by atoms with Gasteiger partial charge in [0.1, 0.15) is 11.6 Å². The monoisotopic (exact) mass is 267 g/mol. The zero-order valence-corrected chi connectivity index (χ0v) is 11.6. The molecule has 0 amide bonds. The van der Waals surface area contributed by atoms with Crippen LogP contribution in [0, 0.1) is 5.82 Å². The summed E-state index contributed by atoms with van der Waals surface area (Å²) in [7, 11) is 1.61. The van der Waals surface area contributed by atoms with Crippen LogP contribution >= 0.6 is 0 Å². The Kier molecular flexibility index (Phi) is 5.16. The van der Waals surface area contributed by atoms with E-state index in [2.05, 4.69) is 5.32 Å². The fourth-order valence-electron chi connectivity index (χ4n) is 2.56. The molecule has 2 atom stereocenters. The normalized spacial score (nSPS) is 21.7. The van der Waals surface area contributed by atoms with Gasteiger partial charge in [0.15, 0.2) is 0 Å². The van der Waals surface area contributed by atoms with Gasteiger partial charge in [0.25, 0.3) is 0 Å². The minimum Gasteiger partial charge on any atom is -0.496 e. The van der Waals surface area contributed by atoms with Crippen molar-refractivity contribution in [2.45, 2.75) is 38.3 Å². The van der Waals surface area contributed by atoms with E-state index in [9.17, 15) is 4.39 Å². The minimum atomic E-state index is -0.228. The third-order valence-corrected chi connectivity index (χ3v) is 3.60. The molecule has 0 radical (unpaired) electrons. The van der Waals surface area contributed by atoms with Gasteiger partial charge in [-0.1, -0.05) is 0 Å². The lowest BCUT2D eigenvalue weighted by molar-refractivity contribution is 0.142. The van der Waals surface area contributed by atoms with Crippen LogP contribution < -0.4 is 10.1 Å². The van der Waals surface area contributed by atoms with Crippen molar-refractivity contribution in [3.8, 4) is 5.75 Å². The number of ether oxygens (including phenoxy) is 2. The molecule has 1 heterocycles. The summed E-state index contributed by atoms with van der Waals surface area (Å²) >= 11 is 0. The van der Waals surface area contributed by atoms with Gasteiger partial charge in [-0.05, 0) is 44.4 Å². The summed E-state index contributed by atoms with van der Waals surface area (Å²) in [5, 5.41) is 3.55. The van der Waals surface area contributed by atoms with Crippen molar-refractivity contribution in [3.05, 3.63) is 29.6 Å². The predicted molar refractivity (Wildman–Crippen MR) is 73.0 cm³/mol. The number of hydrogen-bond donors (Lipinski definition) is 1.